The van der Waals surface area contributed by atoms with Gasteiger partial charge in [-0.15, -0.1) is 0 Å². The van der Waals surface area contributed by atoms with E-state index in [0.717, 1.165) is 0 Å². The molecule has 1 amide bonds. The molecule has 0 saturated carbocycles. The van der Waals surface area contributed by atoms with Gasteiger partial charge in [-0.25, -0.2) is 4.98 Å². The van der Waals surface area contributed by atoms with Crippen LogP contribution in [0.5, 0.6) is 0 Å². The van der Waals surface area contributed by atoms with Crippen molar-refractivity contribution in [1.29, 1.82) is 0 Å². The molecule has 4 aromatic rings. The third-order valence-corrected chi connectivity index (χ3v) is 4.44. The van der Waals surface area contributed by atoms with Crippen LogP contribution in [0.4, 0.5) is 19.0 Å². The molecule has 3 heterocycles. The Kier molecular flexibility index (Phi) is 4.61. The van der Waals surface area contributed by atoms with Gasteiger partial charge in [0.2, 0.25) is 0 Å². The van der Waals surface area contributed by atoms with Crippen LogP contribution in [0.15, 0.2) is 59.5 Å². The Bertz CT molecular complexity index is 1300. The highest BCUT2D eigenvalue weighted by atomic mass is 19.4. The topological polar surface area (TPSA) is 92.2 Å². The molecule has 3 aromatic heterocycles. The van der Waals surface area contributed by atoms with Crippen molar-refractivity contribution in [3.63, 3.8) is 0 Å². The number of nitrogens with one attached hydrogen (secondary N) is 2. The molecule has 152 valence electrons. The SMILES string of the molecule is Cc1[nH]c2c(-c3ccccc3)c(C(F)(F)F)nn2c(=O)c1C(=O)Nc1ccccn1. The van der Waals surface area contributed by atoms with E-state index in [2.05, 4.69) is 20.4 Å². The molecule has 30 heavy (non-hydrogen) atoms. The van der Waals surface area contributed by atoms with Gasteiger partial charge in [0.1, 0.15) is 17.0 Å². The Hall–Kier alpha value is -3.95. The summed E-state index contributed by atoms with van der Waals surface area (Å²) in [6.45, 7) is 1.43. The minimum absolute atomic E-state index is 0.103. The van der Waals surface area contributed by atoms with Gasteiger partial charge in [-0.05, 0) is 24.6 Å². The summed E-state index contributed by atoms with van der Waals surface area (Å²) in [7, 11) is 0. The molecule has 0 radical (unpaired) electrons. The van der Waals surface area contributed by atoms with Gasteiger partial charge < -0.3 is 10.3 Å². The fraction of sp³-hybridized carbons (Fsp3) is 0.100. The summed E-state index contributed by atoms with van der Waals surface area (Å²) in [4.78, 5) is 32.2. The maximum atomic E-state index is 13.7. The Morgan fingerprint density at radius 2 is 1.80 bits per heavy atom. The number of aryl methyl sites for hydroxylation is 1. The van der Waals surface area contributed by atoms with E-state index in [9.17, 15) is 22.8 Å². The number of aromatic amines is 1. The second-order valence-corrected chi connectivity index (χ2v) is 6.45. The first-order valence-corrected chi connectivity index (χ1v) is 8.78. The van der Waals surface area contributed by atoms with Crippen molar-refractivity contribution in [2.45, 2.75) is 13.1 Å². The quantitative estimate of drug-likeness (QED) is 0.536. The van der Waals surface area contributed by atoms with E-state index < -0.39 is 23.3 Å². The lowest BCUT2D eigenvalue weighted by molar-refractivity contribution is -0.140. The van der Waals surface area contributed by atoms with Crippen LogP contribution in [-0.4, -0.2) is 25.5 Å². The average Bonchev–Trinajstić information content (AvgIpc) is 3.09. The molecule has 2 N–H and O–H groups in total. The predicted molar refractivity (Wildman–Crippen MR) is 103 cm³/mol. The van der Waals surface area contributed by atoms with Crippen LogP contribution in [0, 0.1) is 6.92 Å². The summed E-state index contributed by atoms with van der Waals surface area (Å²) in [6.07, 6.45) is -3.35. The molecule has 0 saturated heterocycles. The van der Waals surface area contributed by atoms with Crippen molar-refractivity contribution in [2.75, 3.05) is 5.32 Å². The van der Waals surface area contributed by atoms with Gasteiger partial charge in [-0.1, -0.05) is 36.4 Å². The largest absolute Gasteiger partial charge is 0.435 e. The van der Waals surface area contributed by atoms with Crippen molar-refractivity contribution in [2.24, 2.45) is 0 Å². The molecule has 4 rings (SSSR count). The van der Waals surface area contributed by atoms with Crippen molar-refractivity contribution >= 4 is 17.4 Å². The van der Waals surface area contributed by atoms with Gasteiger partial charge in [0.15, 0.2) is 5.69 Å². The number of rotatable bonds is 3. The minimum Gasteiger partial charge on any atom is -0.342 e. The molecule has 0 spiro atoms. The normalized spacial score (nSPS) is 11.6. The van der Waals surface area contributed by atoms with E-state index in [4.69, 9.17) is 0 Å². The van der Waals surface area contributed by atoms with E-state index in [0.29, 0.717) is 4.52 Å². The Labute approximate surface area is 167 Å². The van der Waals surface area contributed by atoms with Crippen molar-refractivity contribution < 1.29 is 18.0 Å². The van der Waals surface area contributed by atoms with Crippen LogP contribution in [0.2, 0.25) is 0 Å². The third-order valence-electron chi connectivity index (χ3n) is 4.44. The van der Waals surface area contributed by atoms with Crippen LogP contribution in [0.25, 0.3) is 16.8 Å². The standard InChI is InChI=1S/C20H14F3N5O2/c1-11-14(18(29)26-13-9-5-6-10-24-13)19(30)28-17(25-11)15(12-7-3-2-4-8-12)16(27-28)20(21,22)23/h2-10,25H,1H3,(H,24,26,29). The second kappa shape index (κ2) is 7.14. The number of hydrogen-bond acceptors (Lipinski definition) is 4. The lowest BCUT2D eigenvalue weighted by Gasteiger charge is -2.08. The molecule has 0 fully saturated rings. The molecule has 0 aliphatic heterocycles. The smallest absolute Gasteiger partial charge is 0.342 e. The van der Waals surface area contributed by atoms with Crippen LogP contribution in [-0.2, 0) is 6.18 Å². The zero-order chi connectivity index (χ0) is 21.5. The zero-order valence-corrected chi connectivity index (χ0v) is 15.5. The van der Waals surface area contributed by atoms with Crippen molar-refractivity contribution in [3.05, 3.63) is 82.0 Å². The number of carbonyl (C=O) groups is 1. The summed E-state index contributed by atoms with van der Waals surface area (Å²) < 4.78 is 41.6. The number of halogens is 3. The van der Waals surface area contributed by atoms with E-state index in [1.54, 1.807) is 30.3 Å². The number of H-pyrrole nitrogens is 1. The number of nitrogens with zero attached hydrogens (tertiary/aromatic N) is 3. The van der Waals surface area contributed by atoms with Gasteiger partial charge in [0.05, 0.1) is 5.56 Å². The number of amides is 1. The zero-order valence-electron chi connectivity index (χ0n) is 15.5. The molecule has 0 bridgehead atoms. The lowest BCUT2D eigenvalue weighted by atomic mass is 10.1. The summed E-state index contributed by atoms with van der Waals surface area (Å²) in [5.74, 6) is -0.609. The summed E-state index contributed by atoms with van der Waals surface area (Å²) >= 11 is 0. The molecular weight excluding hydrogens is 399 g/mol. The molecule has 10 heteroatoms. The first-order valence-electron chi connectivity index (χ1n) is 8.78. The molecular formula is C20H14F3N5O2. The molecule has 7 nitrogen and oxygen atoms in total. The number of alkyl halides is 3. The van der Waals surface area contributed by atoms with Gasteiger partial charge in [-0.3, -0.25) is 9.59 Å². The highest BCUT2D eigenvalue weighted by Gasteiger charge is 2.39. The average molecular weight is 413 g/mol. The van der Waals surface area contributed by atoms with Gasteiger partial charge >= 0.3 is 6.18 Å². The molecule has 0 atom stereocenters. The second-order valence-electron chi connectivity index (χ2n) is 6.45. The number of benzene rings is 1. The third kappa shape index (κ3) is 3.32. The Morgan fingerprint density at radius 3 is 2.43 bits per heavy atom. The highest BCUT2D eigenvalue weighted by molar-refractivity contribution is 6.04. The lowest BCUT2D eigenvalue weighted by Crippen LogP contribution is -2.29. The van der Waals surface area contributed by atoms with Gasteiger partial charge in [-0.2, -0.15) is 22.8 Å². The molecule has 0 aliphatic rings. The van der Waals surface area contributed by atoms with Crippen LogP contribution < -0.4 is 10.9 Å². The van der Waals surface area contributed by atoms with Crippen molar-refractivity contribution in [1.82, 2.24) is 19.6 Å². The fourth-order valence-electron chi connectivity index (χ4n) is 3.15. The van der Waals surface area contributed by atoms with Crippen LogP contribution >= 0.6 is 0 Å². The monoisotopic (exact) mass is 413 g/mol. The van der Waals surface area contributed by atoms with E-state index >= 15 is 0 Å². The van der Waals surface area contributed by atoms with Gasteiger partial charge in [0.25, 0.3) is 11.5 Å². The number of hydrogen-bond donors (Lipinski definition) is 2. The Morgan fingerprint density at radius 1 is 1.10 bits per heavy atom. The summed E-state index contributed by atoms with van der Waals surface area (Å²) in [5, 5.41) is 5.96. The number of pyridine rings is 1. The summed E-state index contributed by atoms with van der Waals surface area (Å²) in [5.41, 5.74) is -2.62. The van der Waals surface area contributed by atoms with Gasteiger partial charge in [0, 0.05) is 11.9 Å². The molecule has 0 unspecified atom stereocenters. The highest BCUT2D eigenvalue weighted by Crippen LogP contribution is 2.38. The molecule has 0 aliphatic carbocycles. The summed E-state index contributed by atoms with van der Waals surface area (Å²) in [6, 6.07) is 12.6. The maximum Gasteiger partial charge on any atom is 0.435 e. The number of aromatic nitrogens is 4. The number of fused-ring (bicyclic) bond motifs is 1. The maximum absolute atomic E-state index is 13.7. The van der Waals surface area contributed by atoms with E-state index in [1.165, 1.54) is 31.3 Å². The Balaban J connectivity index is 1.93. The minimum atomic E-state index is -4.80. The number of anilines is 1. The molecule has 1 aromatic carbocycles. The fourth-order valence-corrected chi connectivity index (χ4v) is 3.15. The van der Waals surface area contributed by atoms with Crippen molar-refractivity contribution in [3.8, 4) is 11.1 Å². The predicted octanol–water partition coefficient (Wildman–Crippen LogP) is 3.66. The first kappa shape index (κ1) is 19.4. The van der Waals surface area contributed by atoms with E-state index in [-0.39, 0.29) is 33.8 Å². The van der Waals surface area contributed by atoms with E-state index in [1.807, 2.05) is 0 Å². The number of carbonyl (C=O) groups excluding carboxylic acids is 1. The first-order chi connectivity index (χ1) is 14.3. The van der Waals surface area contributed by atoms with Crippen LogP contribution in [0.3, 0.4) is 0 Å². The van der Waals surface area contributed by atoms with Crippen LogP contribution in [0.1, 0.15) is 21.7 Å².